The fourth-order valence-electron chi connectivity index (χ4n) is 3.89. The topological polar surface area (TPSA) is 17.3 Å². The summed E-state index contributed by atoms with van der Waals surface area (Å²) in [5.74, 6) is 0. The molecule has 2 nitrogen and oxygen atoms in total. The summed E-state index contributed by atoms with van der Waals surface area (Å²) in [5, 5.41) is 1.19. The minimum Gasteiger partial charge on any atom is -0.309 e. The lowest BCUT2D eigenvalue weighted by Gasteiger charge is -2.12. The van der Waals surface area contributed by atoms with Crippen molar-refractivity contribution in [1.29, 1.82) is 0 Å². The largest absolute Gasteiger partial charge is 0.309 e. The van der Waals surface area contributed by atoms with Gasteiger partial charge in [-0.1, -0.05) is 84.4 Å². The Morgan fingerprint density at radius 1 is 0.667 bits per heavy atom. The second kappa shape index (κ2) is 7.84. The molecule has 0 atom stereocenters. The van der Waals surface area contributed by atoms with Crippen molar-refractivity contribution in [3.63, 3.8) is 0 Å². The number of fused-ring (bicyclic) bond motifs is 1. The van der Waals surface area contributed by atoms with Crippen LogP contribution in [-0.4, -0.2) is 10.8 Å². The highest BCUT2D eigenvalue weighted by molar-refractivity contribution is 6.08. The number of para-hydroxylation sites is 2. The summed E-state index contributed by atoms with van der Waals surface area (Å²) in [4.78, 5) is 4.82. The summed E-state index contributed by atoms with van der Waals surface area (Å²) in [7, 11) is 0. The van der Waals surface area contributed by atoms with Crippen LogP contribution in [0.5, 0.6) is 0 Å². The quantitative estimate of drug-likeness (QED) is 0.287. The SMILES string of the molecule is Cc1ccc(N=Cc2c(-c3ccccc3)n(-c3ccccc3)c3ccccc23)cc1. The predicted molar refractivity (Wildman–Crippen MR) is 127 cm³/mol. The number of benzene rings is 4. The van der Waals surface area contributed by atoms with Crippen LogP contribution in [0.1, 0.15) is 11.1 Å². The molecule has 0 fully saturated rings. The molecule has 1 heterocycles. The number of aromatic nitrogens is 1. The average Bonchev–Trinajstić information content (AvgIpc) is 3.14. The molecule has 0 aliphatic carbocycles. The normalized spacial score (nSPS) is 11.4. The minimum absolute atomic E-state index is 0.955. The van der Waals surface area contributed by atoms with Crippen LogP contribution in [0.2, 0.25) is 0 Å². The molecule has 144 valence electrons. The van der Waals surface area contributed by atoms with Gasteiger partial charge in [-0.05, 0) is 42.8 Å². The van der Waals surface area contributed by atoms with Crippen LogP contribution in [0.4, 0.5) is 5.69 Å². The third kappa shape index (κ3) is 3.33. The lowest BCUT2D eigenvalue weighted by Crippen LogP contribution is -1.98. The van der Waals surface area contributed by atoms with Gasteiger partial charge in [-0.3, -0.25) is 4.99 Å². The molecule has 0 aliphatic rings. The summed E-state index contributed by atoms with van der Waals surface area (Å²) in [6.07, 6.45) is 2.01. The molecule has 0 saturated carbocycles. The zero-order valence-electron chi connectivity index (χ0n) is 16.9. The van der Waals surface area contributed by atoms with E-state index in [1.165, 1.54) is 22.0 Å². The lowest BCUT2D eigenvalue weighted by molar-refractivity contribution is 1.13. The molecule has 0 spiro atoms. The maximum atomic E-state index is 4.82. The van der Waals surface area contributed by atoms with Crippen LogP contribution < -0.4 is 0 Å². The van der Waals surface area contributed by atoms with Gasteiger partial charge in [-0.25, -0.2) is 0 Å². The molecule has 0 N–H and O–H groups in total. The maximum Gasteiger partial charge on any atom is 0.0630 e. The van der Waals surface area contributed by atoms with E-state index in [9.17, 15) is 0 Å². The molecule has 0 aliphatic heterocycles. The molecule has 1 aromatic heterocycles. The Morgan fingerprint density at radius 3 is 2.03 bits per heavy atom. The van der Waals surface area contributed by atoms with Crippen molar-refractivity contribution < 1.29 is 0 Å². The first-order valence-electron chi connectivity index (χ1n) is 10.2. The van der Waals surface area contributed by atoms with E-state index < -0.39 is 0 Å². The summed E-state index contributed by atoms with van der Waals surface area (Å²) < 4.78 is 2.33. The summed E-state index contributed by atoms with van der Waals surface area (Å²) >= 11 is 0. The summed E-state index contributed by atoms with van der Waals surface area (Å²) in [5.41, 5.74) is 7.95. The van der Waals surface area contributed by atoms with Gasteiger partial charge >= 0.3 is 0 Å². The number of hydrogen-bond donors (Lipinski definition) is 0. The molecule has 0 saturated heterocycles. The van der Waals surface area contributed by atoms with Crippen molar-refractivity contribution in [2.75, 3.05) is 0 Å². The van der Waals surface area contributed by atoms with E-state index in [-0.39, 0.29) is 0 Å². The van der Waals surface area contributed by atoms with E-state index in [4.69, 9.17) is 4.99 Å². The van der Waals surface area contributed by atoms with Gasteiger partial charge in [-0.15, -0.1) is 0 Å². The molecule has 0 unspecified atom stereocenters. The van der Waals surface area contributed by atoms with Crippen LogP contribution in [0.25, 0.3) is 27.8 Å². The van der Waals surface area contributed by atoms with Crippen LogP contribution in [0.3, 0.4) is 0 Å². The number of nitrogens with zero attached hydrogens (tertiary/aromatic N) is 2. The first-order valence-corrected chi connectivity index (χ1v) is 10.2. The van der Waals surface area contributed by atoms with Crippen LogP contribution in [0.15, 0.2) is 114 Å². The van der Waals surface area contributed by atoms with Gasteiger partial charge in [0.15, 0.2) is 0 Å². The van der Waals surface area contributed by atoms with E-state index in [2.05, 4.69) is 121 Å². The van der Waals surface area contributed by atoms with Gasteiger partial charge in [-0.2, -0.15) is 0 Å². The zero-order valence-corrected chi connectivity index (χ0v) is 16.9. The molecule has 5 rings (SSSR count). The maximum absolute atomic E-state index is 4.82. The van der Waals surface area contributed by atoms with E-state index in [0.717, 1.165) is 22.6 Å². The van der Waals surface area contributed by atoms with Gasteiger partial charge in [0.1, 0.15) is 0 Å². The Kier molecular flexibility index (Phi) is 4.74. The first-order chi connectivity index (χ1) is 14.8. The van der Waals surface area contributed by atoms with Crippen molar-refractivity contribution in [3.05, 3.63) is 120 Å². The Labute approximate surface area is 176 Å². The summed E-state index contributed by atoms with van der Waals surface area (Å²) in [6, 6.07) is 37.9. The van der Waals surface area contributed by atoms with E-state index in [0.29, 0.717) is 0 Å². The Balaban J connectivity index is 1.80. The minimum atomic E-state index is 0.955. The Bertz CT molecular complexity index is 1310. The highest BCUT2D eigenvalue weighted by Crippen LogP contribution is 2.35. The fourth-order valence-corrected chi connectivity index (χ4v) is 3.89. The second-order valence-corrected chi connectivity index (χ2v) is 7.41. The predicted octanol–water partition coefficient (Wildman–Crippen LogP) is 7.36. The van der Waals surface area contributed by atoms with Crippen LogP contribution in [-0.2, 0) is 0 Å². The van der Waals surface area contributed by atoms with Gasteiger partial charge in [0.2, 0.25) is 0 Å². The molecule has 5 aromatic rings. The molecular formula is C28H22N2. The molecule has 0 bridgehead atoms. The monoisotopic (exact) mass is 386 g/mol. The van der Waals surface area contributed by atoms with Crippen LogP contribution >= 0.6 is 0 Å². The zero-order chi connectivity index (χ0) is 20.3. The number of aryl methyl sites for hydroxylation is 1. The molecular weight excluding hydrogens is 364 g/mol. The van der Waals surface area contributed by atoms with Crippen molar-refractivity contribution in [3.8, 4) is 16.9 Å². The fraction of sp³-hybridized carbons (Fsp3) is 0.0357. The van der Waals surface area contributed by atoms with Crippen LogP contribution in [0, 0.1) is 6.92 Å². The lowest BCUT2D eigenvalue weighted by atomic mass is 10.1. The van der Waals surface area contributed by atoms with Gasteiger partial charge < -0.3 is 4.57 Å². The van der Waals surface area contributed by atoms with Gasteiger partial charge in [0.25, 0.3) is 0 Å². The highest BCUT2D eigenvalue weighted by Gasteiger charge is 2.18. The molecule has 30 heavy (non-hydrogen) atoms. The molecule has 0 amide bonds. The number of hydrogen-bond acceptors (Lipinski definition) is 1. The number of aliphatic imine (C=N–C) groups is 1. The second-order valence-electron chi connectivity index (χ2n) is 7.41. The van der Waals surface area contributed by atoms with Gasteiger partial charge in [0, 0.05) is 22.9 Å². The van der Waals surface area contributed by atoms with E-state index >= 15 is 0 Å². The van der Waals surface area contributed by atoms with Crippen molar-refractivity contribution in [2.45, 2.75) is 6.92 Å². The highest BCUT2D eigenvalue weighted by atomic mass is 15.0. The third-order valence-electron chi connectivity index (χ3n) is 5.35. The van der Waals surface area contributed by atoms with Crippen molar-refractivity contribution >= 4 is 22.8 Å². The number of rotatable bonds is 4. The smallest absolute Gasteiger partial charge is 0.0630 e. The molecule has 0 radical (unpaired) electrons. The standard InChI is InChI=1S/C28H22N2/c1-21-16-18-23(19-17-21)29-20-26-25-14-8-9-15-27(25)30(24-12-6-3-7-13-24)28(26)22-10-4-2-5-11-22/h2-20H,1H3. The Hall–Kier alpha value is -3.91. The third-order valence-corrected chi connectivity index (χ3v) is 5.35. The molecule has 2 heteroatoms. The van der Waals surface area contributed by atoms with Gasteiger partial charge in [0.05, 0.1) is 16.9 Å². The van der Waals surface area contributed by atoms with E-state index in [1.54, 1.807) is 0 Å². The summed E-state index contributed by atoms with van der Waals surface area (Å²) in [6.45, 7) is 2.09. The molecule has 4 aromatic carbocycles. The Morgan fingerprint density at radius 2 is 1.30 bits per heavy atom. The van der Waals surface area contributed by atoms with Crippen molar-refractivity contribution in [2.24, 2.45) is 4.99 Å². The average molecular weight is 386 g/mol. The first kappa shape index (κ1) is 18.1. The van der Waals surface area contributed by atoms with E-state index in [1.807, 2.05) is 6.21 Å². The van der Waals surface area contributed by atoms with Crippen molar-refractivity contribution in [1.82, 2.24) is 4.57 Å².